The highest BCUT2D eigenvalue weighted by Crippen LogP contribution is 2.42. The monoisotopic (exact) mass is 263 g/mol. The van der Waals surface area contributed by atoms with Crippen LogP contribution < -0.4 is 11.1 Å². The number of amides is 1. The minimum absolute atomic E-state index is 0.0594. The summed E-state index contributed by atoms with van der Waals surface area (Å²) in [4.78, 5) is 13.9. The lowest BCUT2D eigenvalue weighted by Crippen LogP contribution is -2.69. The quantitative estimate of drug-likeness (QED) is 0.858. The van der Waals surface area contributed by atoms with E-state index in [0.717, 1.165) is 13.1 Å². The van der Waals surface area contributed by atoms with Gasteiger partial charge in [-0.05, 0) is 43.0 Å². The fourth-order valence-electron chi connectivity index (χ4n) is 2.75. The van der Waals surface area contributed by atoms with Gasteiger partial charge in [-0.25, -0.2) is 4.39 Å². The first-order valence-corrected chi connectivity index (χ1v) is 6.62. The third kappa shape index (κ3) is 2.77. The second-order valence-corrected chi connectivity index (χ2v) is 5.71. The van der Waals surface area contributed by atoms with Crippen molar-refractivity contribution in [1.29, 1.82) is 0 Å². The van der Waals surface area contributed by atoms with Crippen LogP contribution in [0.1, 0.15) is 12.8 Å². The molecule has 5 heteroatoms. The molecule has 1 saturated heterocycles. The standard InChI is InChI=1S/C14H18FN3O/c15-11-3-5-12(6-4-11)17-13(19)7-18-8-14(16,9-18)10-1-2-10/h3-6,10H,1-2,7-9,16H2,(H,17,19). The van der Waals surface area contributed by atoms with Gasteiger partial charge in [-0.3, -0.25) is 9.69 Å². The second-order valence-electron chi connectivity index (χ2n) is 5.71. The number of carbonyl (C=O) groups excluding carboxylic acids is 1. The van der Waals surface area contributed by atoms with E-state index in [0.29, 0.717) is 18.2 Å². The predicted molar refractivity (Wildman–Crippen MR) is 71.1 cm³/mol. The SMILES string of the molecule is NC1(C2CC2)CN(CC(=O)Nc2ccc(F)cc2)C1. The molecule has 1 aliphatic heterocycles. The number of nitrogens with two attached hydrogens (primary N) is 1. The number of rotatable bonds is 4. The van der Waals surface area contributed by atoms with Crippen LogP contribution >= 0.6 is 0 Å². The molecule has 1 aromatic rings. The van der Waals surface area contributed by atoms with Crippen molar-refractivity contribution in [2.45, 2.75) is 18.4 Å². The van der Waals surface area contributed by atoms with Crippen molar-refractivity contribution >= 4 is 11.6 Å². The molecular weight excluding hydrogens is 245 g/mol. The van der Waals surface area contributed by atoms with Crippen LogP contribution in [0.25, 0.3) is 0 Å². The van der Waals surface area contributed by atoms with Gasteiger partial charge in [0.15, 0.2) is 0 Å². The molecule has 0 aromatic heterocycles. The highest BCUT2D eigenvalue weighted by Gasteiger charge is 2.50. The molecule has 1 saturated carbocycles. The smallest absolute Gasteiger partial charge is 0.238 e. The molecule has 3 N–H and O–H groups in total. The summed E-state index contributed by atoms with van der Waals surface area (Å²) in [5, 5.41) is 2.75. The van der Waals surface area contributed by atoms with Crippen LogP contribution in [0, 0.1) is 11.7 Å². The molecule has 3 rings (SSSR count). The van der Waals surface area contributed by atoms with Crippen molar-refractivity contribution in [3.05, 3.63) is 30.1 Å². The lowest BCUT2D eigenvalue weighted by Gasteiger charge is -2.48. The summed E-state index contributed by atoms with van der Waals surface area (Å²) in [7, 11) is 0. The lowest BCUT2D eigenvalue weighted by atomic mass is 9.86. The topological polar surface area (TPSA) is 58.4 Å². The number of anilines is 1. The average Bonchev–Trinajstić information content (AvgIpc) is 3.14. The molecule has 0 bridgehead atoms. The molecule has 0 spiro atoms. The molecule has 1 aromatic carbocycles. The van der Waals surface area contributed by atoms with E-state index in [4.69, 9.17) is 5.73 Å². The Hall–Kier alpha value is -1.46. The molecule has 0 radical (unpaired) electrons. The lowest BCUT2D eigenvalue weighted by molar-refractivity contribution is -0.119. The van der Waals surface area contributed by atoms with E-state index < -0.39 is 0 Å². The Balaban J connectivity index is 1.46. The Labute approximate surface area is 111 Å². The zero-order valence-electron chi connectivity index (χ0n) is 10.7. The van der Waals surface area contributed by atoms with Gasteiger partial charge < -0.3 is 11.1 Å². The van der Waals surface area contributed by atoms with Gasteiger partial charge in [-0.1, -0.05) is 0 Å². The molecule has 19 heavy (non-hydrogen) atoms. The van der Waals surface area contributed by atoms with E-state index in [1.54, 1.807) is 12.1 Å². The largest absolute Gasteiger partial charge is 0.325 e. The first kappa shape index (κ1) is 12.6. The van der Waals surface area contributed by atoms with Crippen LogP contribution in [0.15, 0.2) is 24.3 Å². The summed E-state index contributed by atoms with van der Waals surface area (Å²) < 4.78 is 12.7. The summed E-state index contributed by atoms with van der Waals surface area (Å²) in [6, 6.07) is 5.77. The molecule has 0 unspecified atom stereocenters. The van der Waals surface area contributed by atoms with E-state index in [-0.39, 0.29) is 17.3 Å². The highest BCUT2D eigenvalue weighted by atomic mass is 19.1. The van der Waals surface area contributed by atoms with Gasteiger partial charge in [-0.15, -0.1) is 0 Å². The van der Waals surface area contributed by atoms with Gasteiger partial charge in [0.25, 0.3) is 0 Å². The molecule has 1 heterocycles. The molecule has 102 valence electrons. The molecule has 1 aliphatic carbocycles. The Morgan fingerprint density at radius 2 is 2.00 bits per heavy atom. The fourth-order valence-corrected chi connectivity index (χ4v) is 2.75. The molecular formula is C14H18FN3O. The van der Waals surface area contributed by atoms with E-state index in [1.807, 2.05) is 0 Å². The number of likely N-dealkylation sites (tertiary alicyclic amines) is 1. The number of hydrogen-bond acceptors (Lipinski definition) is 3. The number of benzene rings is 1. The van der Waals surface area contributed by atoms with Gasteiger partial charge in [0.2, 0.25) is 5.91 Å². The Bertz CT molecular complexity index is 478. The van der Waals surface area contributed by atoms with Crippen LogP contribution in [-0.4, -0.2) is 36.0 Å². The summed E-state index contributed by atoms with van der Waals surface area (Å²) in [5.41, 5.74) is 6.79. The Kier molecular flexibility index (Phi) is 3.03. The van der Waals surface area contributed by atoms with Gasteiger partial charge >= 0.3 is 0 Å². The number of nitrogens with zero attached hydrogens (tertiary/aromatic N) is 1. The van der Waals surface area contributed by atoms with E-state index in [9.17, 15) is 9.18 Å². The van der Waals surface area contributed by atoms with Gasteiger partial charge in [-0.2, -0.15) is 0 Å². The van der Waals surface area contributed by atoms with Crippen molar-refractivity contribution < 1.29 is 9.18 Å². The van der Waals surface area contributed by atoms with E-state index >= 15 is 0 Å². The Morgan fingerprint density at radius 1 is 1.37 bits per heavy atom. The first-order valence-electron chi connectivity index (χ1n) is 6.62. The van der Waals surface area contributed by atoms with Crippen LogP contribution in [0.2, 0.25) is 0 Å². The minimum Gasteiger partial charge on any atom is -0.325 e. The van der Waals surface area contributed by atoms with Crippen LogP contribution in [-0.2, 0) is 4.79 Å². The van der Waals surface area contributed by atoms with Gasteiger partial charge in [0.05, 0.1) is 6.54 Å². The van der Waals surface area contributed by atoms with Crippen molar-refractivity contribution in [2.24, 2.45) is 11.7 Å². The van der Waals surface area contributed by atoms with Crippen LogP contribution in [0.3, 0.4) is 0 Å². The number of hydrogen-bond donors (Lipinski definition) is 2. The molecule has 2 aliphatic rings. The first-order chi connectivity index (χ1) is 9.05. The predicted octanol–water partition coefficient (Wildman–Crippen LogP) is 1.19. The second kappa shape index (κ2) is 4.58. The van der Waals surface area contributed by atoms with E-state index in [2.05, 4.69) is 10.2 Å². The average molecular weight is 263 g/mol. The zero-order chi connectivity index (χ0) is 13.5. The third-order valence-corrected chi connectivity index (χ3v) is 3.92. The number of carbonyl (C=O) groups is 1. The van der Waals surface area contributed by atoms with Crippen molar-refractivity contribution in [1.82, 2.24) is 4.90 Å². The maximum absolute atomic E-state index is 12.7. The van der Waals surface area contributed by atoms with Crippen LogP contribution in [0.5, 0.6) is 0 Å². The molecule has 4 nitrogen and oxygen atoms in total. The molecule has 0 atom stereocenters. The van der Waals surface area contributed by atoms with E-state index in [1.165, 1.54) is 25.0 Å². The zero-order valence-corrected chi connectivity index (χ0v) is 10.7. The van der Waals surface area contributed by atoms with Crippen LogP contribution in [0.4, 0.5) is 10.1 Å². The Morgan fingerprint density at radius 3 is 2.58 bits per heavy atom. The number of nitrogens with one attached hydrogen (secondary N) is 1. The van der Waals surface area contributed by atoms with Gasteiger partial charge in [0.1, 0.15) is 5.82 Å². The fraction of sp³-hybridized carbons (Fsp3) is 0.500. The normalized spacial score (nSPS) is 21.8. The summed E-state index contributed by atoms with van der Waals surface area (Å²) in [6.45, 7) is 1.95. The summed E-state index contributed by atoms with van der Waals surface area (Å²) in [5.74, 6) is 0.270. The molecule has 1 amide bonds. The maximum Gasteiger partial charge on any atom is 0.238 e. The van der Waals surface area contributed by atoms with Crippen molar-refractivity contribution in [3.8, 4) is 0 Å². The molecule has 2 fully saturated rings. The van der Waals surface area contributed by atoms with Gasteiger partial charge in [0, 0.05) is 24.3 Å². The summed E-state index contributed by atoms with van der Waals surface area (Å²) >= 11 is 0. The maximum atomic E-state index is 12.7. The van der Waals surface area contributed by atoms with Crippen molar-refractivity contribution in [3.63, 3.8) is 0 Å². The minimum atomic E-state index is -0.307. The van der Waals surface area contributed by atoms with Crippen molar-refractivity contribution in [2.75, 3.05) is 25.0 Å². The number of halogens is 1. The highest BCUT2D eigenvalue weighted by molar-refractivity contribution is 5.92. The third-order valence-electron chi connectivity index (χ3n) is 3.92. The summed E-state index contributed by atoms with van der Waals surface area (Å²) in [6.07, 6.45) is 2.46.